The predicted molar refractivity (Wildman–Crippen MR) is 84.2 cm³/mol. The van der Waals surface area contributed by atoms with E-state index in [9.17, 15) is 8.78 Å². The molecule has 0 aromatic heterocycles. The minimum atomic E-state index is -0.691. The van der Waals surface area contributed by atoms with Crippen molar-refractivity contribution in [2.45, 2.75) is 31.5 Å². The fraction of sp³-hybridized carbons (Fsp3) is 0.294. The quantitative estimate of drug-likeness (QED) is 0.583. The third-order valence-corrected chi connectivity index (χ3v) is 4.13. The highest BCUT2D eigenvalue weighted by Gasteiger charge is 2.16. The van der Waals surface area contributed by atoms with Crippen LogP contribution < -0.4 is 4.74 Å². The van der Waals surface area contributed by atoms with Gasteiger partial charge in [0, 0.05) is 5.33 Å². The van der Waals surface area contributed by atoms with Crippen LogP contribution in [0.4, 0.5) is 8.78 Å². The van der Waals surface area contributed by atoms with Crippen LogP contribution in [0, 0.1) is 11.6 Å². The van der Waals surface area contributed by atoms with Crippen LogP contribution in [-0.4, -0.2) is 0 Å². The molecule has 1 atom stereocenters. The van der Waals surface area contributed by atoms with E-state index in [0.717, 1.165) is 12.0 Å². The van der Waals surface area contributed by atoms with Crippen molar-refractivity contribution < 1.29 is 13.5 Å². The second kappa shape index (κ2) is 7.03. The molecule has 21 heavy (non-hydrogen) atoms. The van der Waals surface area contributed by atoms with Gasteiger partial charge in [0.15, 0.2) is 17.4 Å². The van der Waals surface area contributed by atoms with E-state index in [2.05, 4.69) is 29.8 Å². The monoisotopic (exact) mass is 354 g/mol. The van der Waals surface area contributed by atoms with Crippen molar-refractivity contribution in [2.24, 2.45) is 0 Å². The Kier molecular flexibility index (Phi) is 5.34. The van der Waals surface area contributed by atoms with Crippen LogP contribution in [0.25, 0.3) is 0 Å². The molecule has 1 unspecified atom stereocenters. The molecule has 0 aliphatic carbocycles. The van der Waals surface area contributed by atoms with Gasteiger partial charge in [-0.15, -0.1) is 0 Å². The Morgan fingerprint density at radius 1 is 1.14 bits per heavy atom. The van der Waals surface area contributed by atoms with Gasteiger partial charge in [0.2, 0.25) is 0 Å². The van der Waals surface area contributed by atoms with E-state index in [1.807, 2.05) is 12.1 Å². The SMILES string of the molecule is CCC(C)c1ccccc1Oc1c(F)cc(CBr)cc1F. The highest BCUT2D eigenvalue weighted by Crippen LogP contribution is 2.34. The predicted octanol–water partition coefficient (Wildman–Crippen LogP) is 6.17. The van der Waals surface area contributed by atoms with Crippen molar-refractivity contribution in [1.82, 2.24) is 0 Å². The van der Waals surface area contributed by atoms with Gasteiger partial charge in [0.05, 0.1) is 0 Å². The summed E-state index contributed by atoms with van der Waals surface area (Å²) >= 11 is 3.18. The fourth-order valence-electron chi connectivity index (χ4n) is 2.10. The van der Waals surface area contributed by atoms with Crippen LogP contribution in [0.15, 0.2) is 36.4 Å². The average molecular weight is 355 g/mol. The number of hydrogen-bond donors (Lipinski definition) is 0. The molecule has 0 fully saturated rings. The third kappa shape index (κ3) is 3.62. The second-order valence-corrected chi connectivity index (χ2v) is 5.53. The minimum Gasteiger partial charge on any atom is -0.451 e. The molecular weight excluding hydrogens is 338 g/mol. The van der Waals surface area contributed by atoms with Crippen LogP contribution in [0.2, 0.25) is 0 Å². The zero-order valence-electron chi connectivity index (χ0n) is 12.0. The van der Waals surface area contributed by atoms with Crippen LogP contribution in [0.3, 0.4) is 0 Å². The van der Waals surface area contributed by atoms with Gasteiger partial charge in [-0.05, 0) is 41.7 Å². The summed E-state index contributed by atoms with van der Waals surface area (Å²) < 4.78 is 33.6. The van der Waals surface area contributed by atoms with Crippen LogP contribution >= 0.6 is 15.9 Å². The topological polar surface area (TPSA) is 9.23 Å². The summed E-state index contributed by atoms with van der Waals surface area (Å²) in [4.78, 5) is 0. The van der Waals surface area contributed by atoms with Gasteiger partial charge in [0.1, 0.15) is 5.75 Å². The molecule has 0 amide bonds. The smallest absolute Gasteiger partial charge is 0.198 e. The van der Waals surface area contributed by atoms with Gasteiger partial charge in [-0.2, -0.15) is 0 Å². The zero-order valence-corrected chi connectivity index (χ0v) is 13.6. The summed E-state index contributed by atoms with van der Waals surface area (Å²) in [6.45, 7) is 4.12. The van der Waals surface area contributed by atoms with Crippen molar-refractivity contribution in [3.8, 4) is 11.5 Å². The largest absolute Gasteiger partial charge is 0.451 e. The summed E-state index contributed by atoms with van der Waals surface area (Å²) in [5, 5.41) is 0.393. The first-order chi connectivity index (χ1) is 10.1. The summed E-state index contributed by atoms with van der Waals surface area (Å²) in [6, 6.07) is 9.90. The highest BCUT2D eigenvalue weighted by molar-refractivity contribution is 9.08. The number of alkyl halides is 1. The number of hydrogen-bond acceptors (Lipinski definition) is 1. The van der Waals surface area contributed by atoms with Crippen molar-refractivity contribution in [3.05, 3.63) is 59.2 Å². The molecule has 4 heteroatoms. The van der Waals surface area contributed by atoms with E-state index in [1.54, 1.807) is 12.1 Å². The number of ether oxygens (including phenoxy) is 1. The van der Waals surface area contributed by atoms with Crippen molar-refractivity contribution >= 4 is 15.9 Å². The molecule has 0 saturated heterocycles. The first-order valence-electron chi connectivity index (χ1n) is 6.87. The Morgan fingerprint density at radius 3 is 2.33 bits per heavy atom. The molecule has 0 spiro atoms. The summed E-state index contributed by atoms with van der Waals surface area (Å²) in [7, 11) is 0. The first kappa shape index (κ1) is 16.0. The maximum Gasteiger partial charge on any atom is 0.198 e. The molecule has 0 N–H and O–H groups in total. The number of rotatable bonds is 5. The van der Waals surface area contributed by atoms with E-state index >= 15 is 0 Å². The molecule has 2 rings (SSSR count). The number of benzene rings is 2. The van der Waals surface area contributed by atoms with Crippen molar-refractivity contribution in [2.75, 3.05) is 0 Å². The minimum absolute atomic E-state index is 0.258. The van der Waals surface area contributed by atoms with Crippen molar-refractivity contribution in [3.63, 3.8) is 0 Å². The molecule has 2 aromatic carbocycles. The zero-order chi connectivity index (χ0) is 15.4. The normalized spacial score (nSPS) is 12.2. The van der Waals surface area contributed by atoms with Gasteiger partial charge in [-0.1, -0.05) is 48.0 Å². The molecule has 1 nitrogen and oxygen atoms in total. The lowest BCUT2D eigenvalue weighted by Gasteiger charge is -2.16. The molecule has 0 aliphatic heterocycles. The molecule has 0 radical (unpaired) electrons. The van der Waals surface area contributed by atoms with E-state index in [4.69, 9.17) is 4.74 Å². The average Bonchev–Trinajstić information content (AvgIpc) is 2.50. The van der Waals surface area contributed by atoms with Gasteiger partial charge in [-0.3, -0.25) is 0 Å². The molecule has 2 aromatic rings. The Labute approximate surface area is 132 Å². The van der Waals surface area contributed by atoms with Gasteiger partial charge in [-0.25, -0.2) is 8.78 Å². The van der Waals surface area contributed by atoms with Crippen LogP contribution in [0.5, 0.6) is 11.5 Å². The fourth-order valence-corrected chi connectivity index (χ4v) is 2.42. The Hall–Kier alpha value is -1.42. The standard InChI is InChI=1S/C17H17BrF2O/c1-3-11(2)13-6-4-5-7-16(13)21-17-14(19)8-12(10-18)9-15(17)20/h4-9,11H,3,10H2,1-2H3. The summed E-state index contributed by atoms with van der Waals surface area (Å²) in [6.07, 6.45) is 0.924. The molecule has 112 valence electrons. The molecule has 0 saturated carbocycles. The van der Waals surface area contributed by atoms with Crippen molar-refractivity contribution in [1.29, 1.82) is 0 Å². The lowest BCUT2D eigenvalue weighted by atomic mass is 9.98. The first-order valence-corrected chi connectivity index (χ1v) is 7.99. The van der Waals surface area contributed by atoms with E-state index in [0.29, 0.717) is 16.6 Å². The lowest BCUT2D eigenvalue weighted by Crippen LogP contribution is -1.99. The maximum absolute atomic E-state index is 14.0. The maximum atomic E-state index is 14.0. The lowest BCUT2D eigenvalue weighted by molar-refractivity contribution is 0.401. The van der Waals surface area contributed by atoms with Crippen LogP contribution in [-0.2, 0) is 5.33 Å². The number of para-hydroxylation sites is 1. The molecule has 0 bridgehead atoms. The van der Waals surface area contributed by atoms with Gasteiger partial charge in [0.25, 0.3) is 0 Å². The van der Waals surface area contributed by atoms with Gasteiger partial charge >= 0.3 is 0 Å². The number of halogens is 3. The second-order valence-electron chi connectivity index (χ2n) is 4.97. The molecule has 0 heterocycles. The Balaban J connectivity index is 2.39. The Bertz CT molecular complexity index is 605. The summed E-state index contributed by atoms with van der Waals surface area (Å²) in [5.41, 5.74) is 1.48. The Morgan fingerprint density at radius 2 is 1.76 bits per heavy atom. The molecule has 0 aliphatic rings. The van der Waals surface area contributed by atoms with Crippen LogP contribution in [0.1, 0.15) is 37.3 Å². The molecular formula is C17H17BrF2O. The summed E-state index contributed by atoms with van der Waals surface area (Å²) in [5.74, 6) is -0.979. The highest BCUT2D eigenvalue weighted by atomic mass is 79.9. The van der Waals surface area contributed by atoms with Gasteiger partial charge < -0.3 is 4.74 Å². The van der Waals surface area contributed by atoms with E-state index in [-0.39, 0.29) is 11.7 Å². The third-order valence-electron chi connectivity index (χ3n) is 3.49. The van der Waals surface area contributed by atoms with E-state index in [1.165, 1.54) is 12.1 Å². The van der Waals surface area contributed by atoms with E-state index < -0.39 is 11.6 Å².